The lowest BCUT2D eigenvalue weighted by atomic mass is 9.89. The first-order valence-corrected chi connectivity index (χ1v) is 6.84. The van der Waals surface area contributed by atoms with Gasteiger partial charge in [-0.15, -0.1) is 0 Å². The van der Waals surface area contributed by atoms with Crippen LogP contribution in [0.4, 0.5) is 0 Å². The molecule has 0 saturated carbocycles. The van der Waals surface area contributed by atoms with Crippen molar-refractivity contribution in [2.75, 3.05) is 13.2 Å². The molecule has 1 aromatic rings. The maximum Gasteiger partial charge on any atom is 0.122 e. The molecule has 0 aliphatic rings. The highest BCUT2D eigenvalue weighted by atomic mass is 16.5. The van der Waals surface area contributed by atoms with E-state index in [4.69, 9.17) is 14.7 Å². The van der Waals surface area contributed by atoms with E-state index in [1.54, 1.807) is 0 Å². The lowest BCUT2D eigenvalue weighted by Gasteiger charge is -2.14. The maximum atomic E-state index is 8.91. The van der Waals surface area contributed by atoms with Gasteiger partial charge in [-0.25, -0.2) is 0 Å². The average Bonchev–Trinajstić information content (AvgIpc) is 2.39. The molecular weight excluding hydrogens is 238 g/mol. The summed E-state index contributed by atoms with van der Waals surface area (Å²) in [6.45, 7) is 7.24. The summed E-state index contributed by atoms with van der Waals surface area (Å²) in [5, 5.41) is 8.91. The average molecular weight is 261 g/mol. The van der Waals surface area contributed by atoms with Crippen LogP contribution in [0.15, 0.2) is 24.3 Å². The molecule has 0 radical (unpaired) electrons. The van der Waals surface area contributed by atoms with E-state index in [2.05, 4.69) is 6.07 Å². The van der Waals surface area contributed by atoms with Gasteiger partial charge >= 0.3 is 0 Å². The summed E-state index contributed by atoms with van der Waals surface area (Å²) in [6.07, 6.45) is 2.88. The molecule has 0 heterocycles. The van der Waals surface area contributed by atoms with Gasteiger partial charge in [0.05, 0.1) is 24.7 Å². The standard InChI is InChI=1S/C16H23NO2/c1-4-18-14-8-7-9-15(12-14)19-11-6-5-10-16(2,3)13-17/h7-9,12H,4-6,10-11H2,1-3H3. The molecule has 19 heavy (non-hydrogen) atoms. The van der Waals surface area contributed by atoms with Crippen molar-refractivity contribution in [3.63, 3.8) is 0 Å². The van der Waals surface area contributed by atoms with Crippen molar-refractivity contribution in [1.82, 2.24) is 0 Å². The molecule has 1 aromatic carbocycles. The summed E-state index contributed by atoms with van der Waals surface area (Å²) in [6, 6.07) is 10.0. The van der Waals surface area contributed by atoms with Gasteiger partial charge in [0.2, 0.25) is 0 Å². The summed E-state index contributed by atoms with van der Waals surface area (Å²) >= 11 is 0. The predicted octanol–water partition coefficient (Wildman–Crippen LogP) is 4.18. The minimum absolute atomic E-state index is 0.227. The zero-order chi connectivity index (χ0) is 14.1. The summed E-state index contributed by atoms with van der Waals surface area (Å²) in [5.41, 5.74) is -0.227. The maximum absolute atomic E-state index is 8.91. The van der Waals surface area contributed by atoms with Gasteiger partial charge in [-0.2, -0.15) is 5.26 Å². The van der Waals surface area contributed by atoms with Crippen molar-refractivity contribution in [2.24, 2.45) is 5.41 Å². The molecule has 0 spiro atoms. The van der Waals surface area contributed by atoms with Crippen molar-refractivity contribution in [2.45, 2.75) is 40.0 Å². The molecule has 0 fully saturated rings. The number of ether oxygens (including phenoxy) is 2. The second kappa shape index (κ2) is 7.68. The number of benzene rings is 1. The van der Waals surface area contributed by atoms with Crippen LogP contribution in [0.2, 0.25) is 0 Å². The number of hydrogen-bond donors (Lipinski definition) is 0. The molecular formula is C16H23NO2. The van der Waals surface area contributed by atoms with Gasteiger partial charge in [0.25, 0.3) is 0 Å². The predicted molar refractivity (Wildman–Crippen MR) is 76.4 cm³/mol. The third-order valence-corrected chi connectivity index (χ3v) is 2.88. The Morgan fingerprint density at radius 1 is 1.16 bits per heavy atom. The third-order valence-electron chi connectivity index (χ3n) is 2.88. The first-order valence-electron chi connectivity index (χ1n) is 6.84. The summed E-state index contributed by atoms with van der Waals surface area (Å²) in [7, 11) is 0. The quantitative estimate of drug-likeness (QED) is 0.659. The Kier molecular flexibility index (Phi) is 6.21. The Labute approximate surface area is 116 Å². The van der Waals surface area contributed by atoms with Crippen LogP contribution in [0.3, 0.4) is 0 Å². The van der Waals surface area contributed by atoms with Crippen molar-refractivity contribution in [1.29, 1.82) is 5.26 Å². The fourth-order valence-electron chi connectivity index (χ4n) is 1.74. The Bertz CT molecular complexity index is 421. The largest absolute Gasteiger partial charge is 0.494 e. The van der Waals surface area contributed by atoms with E-state index < -0.39 is 0 Å². The number of hydrogen-bond acceptors (Lipinski definition) is 3. The number of nitriles is 1. The SMILES string of the molecule is CCOc1cccc(OCCCCC(C)(C)C#N)c1. The normalized spacial score (nSPS) is 10.8. The lowest BCUT2D eigenvalue weighted by molar-refractivity contribution is 0.290. The minimum Gasteiger partial charge on any atom is -0.494 e. The molecule has 0 bridgehead atoms. The van der Waals surface area contributed by atoms with E-state index >= 15 is 0 Å². The minimum atomic E-state index is -0.227. The van der Waals surface area contributed by atoms with Gasteiger partial charge in [-0.1, -0.05) is 6.07 Å². The molecule has 0 aliphatic carbocycles. The molecule has 0 amide bonds. The highest BCUT2D eigenvalue weighted by molar-refractivity contribution is 5.32. The third kappa shape index (κ3) is 6.15. The molecule has 0 saturated heterocycles. The molecule has 104 valence electrons. The van der Waals surface area contributed by atoms with Crippen LogP contribution in [0.25, 0.3) is 0 Å². The molecule has 0 unspecified atom stereocenters. The fraction of sp³-hybridized carbons (Fsp3) is 0.562. The fourth-order valence-corrected chi connectivity index (χ4v) is 1.74. The zero-order valence-electron chi connectivity index (χ0n) is 12.1. The van der Waals surface area contributed by atoms with Crippen LogP contribution in [0, 0.1) is 16.7 Å². The van der Waals surface area contributed by atoms with Crippen LogP contribution < -0.4 is 9.47 Å². The van der Waals surface area contributed by atoms with Crippen molar-refractivity contribution >= 4 is 0 Å². The summed E-state index contributed by atoms with van der Waals surface area (Å²) in [5.74, 6) is 1.68. The highest BCUT2D eigenvalue weighted by Crippen LogP contribution is 2.22. The van der Waals surface area contributed by atoms with Crippen molar-refractivity contribution < 1.29 is 9.47 Å². The summed E-state index contributed by atoms with van der Waals surface area (Å²) in [4.78, 5) is 0. The molecule has 0 aromatic heterocycles. The number of nitrogens with zero attached hydrogens (tertiary/aromatic N) is 1. The second-order valence-corrected chi connectivity index (χ2v) is 5.21. The smallest absolute Gasteiger partial charge is 0.122 e. The topological polar surface area (TPSA) is 42.2 Å². The Balaban J connectivity index is 2.26. The van der Waals surface area contributed by atoms with Gasteiger partial charge in [0.1, 0.15) is 11.5 Å². The molecule has 1 rings (SSSR count). The Morgan fingerprint density at radius 3 is 2.47 bits per heavy atom. The van der Waals surface area contributed by atoms with Gasteiger partial charge in [-0.3, -0.25) is 0 Å². The van der Waals surface area contributed by atoms with Crippen molar-refractivity contribution in [3.05, 3.63) is 24.3 Å². The lowest BCUT2D eigenvalue weighted by Crippen LogP contribution is -2.08. The molecule has 0 atom stereocenters. The molecule has 0 aliphatic heterocycles. The van der Waals surface area contributed by atoms with Crippen LogP contribution in [0.1, 0.15) is 40.0 Å². The van der Waals surface area contributed by atoms with Gasteiger partial charge in [0, 0.05) is 6.07 Å². The van der Waals surface area contributed by atoms with Crippen LogP contribution in [0.5, 0.6) is 11.5 Å². The number of unbranched alkanes of at least 4 members (excludes halogenated alkanes) is 1. The van der Waals surface area contributed by atoms with E-state index in [9.17, 15) is 0 Å². The first-order chi connectivity index (χ1) is 9.07. The molecule has 3 nitrogen and oxygen atoms in total. The second-order valence-electron chi connectivity index (χ2n) is 5.21. The van der Waals surface area contributed by atoms with Crippen LogP contribution in [-0.4, -0.2) is 13.2 Å². The molecule has 3 heteroatoms. The monoisotopic (exact) mass is 261 g/mol. The van der Waals surface area contributed by atoms with E-state index in [1.807, 2.05) is 45.0 Å². The van der Waals surface area contributed by atoms with Crippen LogP contribution >= 0.6 is 0 Å². The van der Waals surface area contributed by atoms with E-state index in [-0.39, 0.29) is 5.41 Å². The van der Waals surface area contributed by atoms with Gasteiger partial charge in [0.15, 0.2) is 0 Å². The van der Waals surface area contributed by atoms with E-state index in [0.717, 1.165) is 30.8 Å². The van der Waals surface area contributed by atoms with Crippen LogP contribution in [-0.2, 0) is 0 Å². The zero-order valence-corrected chi connectivity index (χ0v) is 12.1. The Hall–Kier alpha value is -1.69. The van der Waals surface area contributed by atoms with Gasteiger partial charge < -0.3 is 9.47 Å². The Morgan fingerprint density at radius 2 is 1.84 bits per heavy atom. The number of rotatable bonds is 8. The molecule has 0 N–H and O–H groups in total. The van der Waals surface area contributed by atoms with Gasteiger partial charge in [-0.05, 0) is 52.2 Å². The van der Waals surface area contributed by atoms with Crippen molar-refractivity contribution in [3.8, 4) is 17.6 Å². The summed E-state index contributed by atoms with van der Waals surface area (Å²) < 4.78 is 11.1. The first kappa shape index (κ1) is 15.4. The van der Waals surface area contributed by atoms with E-state index in [0.29, 0.717) is 13.2 Å². The van der Waals surface area contributed by atoms with E-state index in [1.165, 1.54) is 0 Å². The highest BCUT2D eigenvalue weighted by Gasteiger charge is 2.15.